The molecule has 3 fully saturated rings. The highest BCUT2D eigenvalue weighted by Crippen LogP contribution is 2.66. The Morgan fingerprint density at radius 3 is 1.94 bits per heavy atom. The van der Waals surface area contributed by atoms with E-state index < -0.39 is 0 Å². The third-order valence-corrected chi connectivity index (χ3v) is 5.66. The van der Waals surface area contributed by atoms with E-state index in [1.807, 2.05) is 0 Å². The van der Waals surface area contributed by atoms with Crippen LogP contribution in [0.3, 0.4) is 0 Å². The topological polar surface area (TPSA) is 30.5 Å². The van der Waals surface area contributed by atoms with Crippen molar-refractivity contribution in [3.63, 3.8) is 0 Å². The molecule has 0 aromatic rings. The van der Waals surface area contributed by atoms with Gasteiger partial charge in [-0.2, -0.15) is 0 Å². The lowest BCUT2D eigenvalue weighted by Gasteiger charge is -2.34. The Kier molecular flexibility index (Phi) is 2.32. The molecule has 0 aromatic carbocycles. The first kappa shape index (κ1) is 12.0. The van der Waals surface area contributed by atoms with Crippen LogP contribution < -0.4 is 5.32 Å². The Labute approximate surface area is 105 Å². The zero-order valence-corrected chi connectivity index (χ0v) is 11.7. The Morgan fingerprint density at radius 1 is 1.00 bits per heavy atom. The largest absolute Gasteiger partial charge is 0.461 e. The SMILES string of the molecule is CC1(C2CNC2)CC1B1OC(C)(C)C(C)(C)O1. The summed E-state index contributed by atoms with van der Waals surface area (Å²) in [4.78, 5) is 0. The van der Waals surface area contributed by atoms with Gasteiger partial charge in [0.05, 0.1) is 11.2 Å². The third-order valence-electron chi connectivity index (χ3n) is 5.66. The number of hydrogen-bond donors (Lipinski definition) is 1. The summed E-state index contributed by atoms with van der Waals surface area (Å²) in [7, 11) is 0.00519. The van der Waals surface area contributed by atoms with Gasteiger partial charge in [-0.15, -0.1) is 0 Å². The van der Waals surface area contributed by atoms with E-state index in [-0.39, 0.29) is 18.3 Å². The fourth-order valence-corrected chi connectivity index (χ4v) is 3.10. The standard InChI is InChI=1S/C13H24BNO2/c1-11(2)12(3,4)17-14(16-11)10-6-13(10,5)9-7-15-8-9/h9-10,15H,6-8H2,1-5H3. The predicted molar refractivity (Wildman–Crippen MR) is 68.9 cm³/mol. The molecule has 0 bridgehead atoms. The maximum absolute atomic E-state index is 6.16. The molecule has 2 aliphatic heterocycles. The smallest absolute Gasteiger partial charge is 0.403 e. The van der Waals surface area contributed by atoms with Crippen LogP contribution in [0.4, 0.5) is 0 Å². The van der Waals surface area contributed by atoms with Crippen molar-refractivity contribution in [2.75, 3.05) is 13.1 Å². The second-order valence-corrected chi connectivity index (χ2v) is 7.30. The van der Waals surface area contributed by atoms with E-state index >= 15 is 0 Å². The van der Waals surface area contributed by atoms with Gasteiger partial charge in [0.2, 0.25) is 0 Å². The van der Waals surface area contributed by atoms with E-state index in [1.165, 1.54) is 19.5 Å². The summed E-state index contributed by atoms with van der Waals surface area (Å²) in [5.41, 5.74) is 0.0878. The lowest BCUT2D eigenvalue weighted by atomic mass is 9.72. The van der Waals surface area contributed by atoms with Crippen LogP contribution in [-0.2, 0) is 9.31 Å². The summed E-state index contributed by atoms with van der Waals surface area (Å²) in [6.07, 6.45) is 1.26. The first-order valence-electron chi connectivity index (χ1n) is 6.83. The van der Waals surface area contributed by atoms with Gasteiger partial charge in [0.15, 0.2) is 0 Å². The van der Waals surface area contributed by atoms with Gasteiger partial charge in [0.1, 0.15) is 0 Å². The average molecular weight is 237 g/mol. The number of nitrogens with one attached hydrogen (secondary N) is 1. The van der Waals surface area contributed by atoms with Crippen molar-refractivity contribution in [1.82, 2.24) is 5.32 Å². The van der Waals surface area contributed by atoms with Crippen LogP contribution in [-0.4, -0.2) is 31.4 Å². The van der Waals surface area contributed by atoms with Gasteiger partial charge in [-0.3, -0.25) is 0 Å². The molecule has 2 unspecified atom stereocenters. The fraction of sp³-hybridized carbons (Fsp3) is 1.00. The van der Waals surface area contributed by atoms with Crippen molar-refractivity contribution in [3.05, 3.63) is 0 Å². The van der Waals surface area contributed by atoms with Gasteiger partial charge in [0, 0.05) is 5.82 Å². The lowest BCUT2D eigenvalue weighted by Crippen LogP contribution is -2.47. The van der Waals surface area contributed by atoms with Crippen LogP contribution >= 0.6 is 0 Å². The molecule has 1 aliphatic carbocycles. The van der Waals surface area contributed by atoms with Gasteiger partial charge in [0.25, 0.3) is 0 Å². The molecule has 3 rings (SSSR count). The van der Waals surface area contributed by atoms with Crippen molar-refractivity contribution in [2.24, 2.45) is 11.3 Å². The second-order valence-electron chi connectivity index (χ2n) is 7.30. The fourth-order valence-electron chi connectivity index (χ4n) is 3.10. The molecule has 4 heteroatoms. The van der Waals surface area contributed by atoms with Crippen LogP contribution in [0.5, 0.6) is 0 Å². The first-order valence-corrected chi connectivity index (χ1v) is 6.83. The second kappa shape index (κ2) is 3.28. The molecular formula is C13H24BNO2. The van der Waals surface area contributed by atoms with Crippen molar-refractivity contribution < 1.29 is 9.31 Å². The molecule has 2 heterocycles. The highest BCUT2D eigenvalue weighted by Gasteiger charge is 2.67. The van der Waals surface area contributed by atoms with Crippen molar-refractivity contribution >= 4 is 7.12 Å². The molecule has 2 saturated heterocycles. The van der Waals surface area contributed by atoms with E-state index in [1.54, 1.807) is 0 Å². The van der Waals surface area contributed by atoms with Crippen molar-refractivity contribution in [1.29, 1.82) is 0 Å². The van der Waals surface area contributed by atoms with Crippen LogP contribution in [0.25, 0.3) is 0 Å². The van der Waals surface area contributed by atoms with Crippen LogP contribution in [0.15, 0.2) is 0 Å². The number of rotatable bonds is 2. The van der Waals surface area contributed by atoms with Crippen molar-refractivity contribution in [3.8, 4) is 0 Å². The maximum Gasteiger partial charge on any atom is 0.461 e. The quantitative estimate of drug-likeness (QED) is 0.746. The minimum atomic E-state index is -0.182. The zero-order chi connectivity index (χ0) is 12.5. The average Bonchev–Trinajstić information content (AvgIpc) is 2.65. The van der Waals surface area contributed by atoms with Gasteiger partial charge >= 0.3 is 7.12 Å². The van der Waals surface area contributed by atoms with Gasteiger partial charge in [-0.05, 0) is 58.5 Å². The molecule has 0 amide bonds. The summed E-state index contributed by atoms with van der Waals surface area (Å²) < 4.78 is 12.3. The Balaban J connectivity index is 1.69. The summed E-state index contributed by atoms with van der Waals surface area (Å²) in [5.74, 6) is 1.42. The lowest BCUT2D eigenvalue weighted by molar-refractivity contribution is 0.00578. The highest BCUT2D eigenvalue weighted by atomic mass is 16.7. The Morgan fingerprint density at radius 2 is 1.53 bits per heavy atom. The summed E-state index contributed by atoms with van der Waals surface area (Å²) >= 11 is 0. The Bertz CT molecular complexity index is 324. The van der Waals surface area contributed by atoms with Crippen molar-refractivity contribution in [2.45, 2.75) is 58.1 Å². The molecule has 1 N–H and O–H groups in total. The van der Waals surface area contributed by atoms with E-state index in [0.29, 0.717) is 11.2 Å². The molecule has 3 aliphatic rings. The summed E-state index contributed by atoms with van der Waals surface area (Å²) in [6, 6.07) is 0. The molecule has 3 nitrogen and oxygen atoms in total. The van der Waals surface area contributed by atoms with Crippen LogP contribution in [0, 0.1) is 11.3 Å². The van der Waals surface area contributed by atoms with E-state index in [9.17, 15) is 0 Å². The molecule has 96 valence electrons. The minimum absolute atomic E-state index is 0.00519. The predicted octanol–water partition coefficient (Wildman–Crippen LogP) is 2.08. The van der Waals surface area contributed by atoms with Gasteiger partial charge in [-0.25, -0.2) is 0 Å². The summed E-state index contributed by atoms with van der Waals surface area (Å²) in [5, 5.41) is 3.37. The molecular weight excluding hydrogens is 213 g/mol. The number of hydrogen-bond acceptors (Lipinski definition) is 3. The molecule has 17 heavy (non-hydrogen) atoms. The molecule has 1 saturated carbocycles. The third kappa shape index (κ3) is 1.61. The molecule has 0 radical (unpaired) electrons. The first-order chi connectivity index (χ1) is 7.76. The van der Waals surface area contributed by atoms with Gasteiger partial charge in [-0.1, -0.05) is 6.92 Å². The molecule has 0 aromatic heterocycles. The molecule has 2 atom stereocenters. The highest BCUT2D eigenvalue weighted by molar-refractivity contribution is 6.49. The van der Waals surface area contributed by atoms with E-state index in [2.05, 4.69) is 39.9 Å². The molecule has 0 spiro atoms. The Hall–Kier alpha value is -0.0551. The minimum Gasteiger partial charge on any atom is -0.403 e. The monoisotopic (exact) mass is 237 g/mol. The maximum atomic E-state index is 6.16. The van der Waals surface area contributed by atoms with E-state index in [4.69, 9.17) is 9.31 Å². The van der Waals surface area contributed by atoms with Crippen LogP contribution in [0.2, 0.25) is 5.82 Å². The zero-order valence-electron chi connectivity index (χ0n) is 11.7. The van der Waals surface area contributed by atoms with Gasteiger partial charge < -0.3 is 14.6 Å². The van der Waals surface area contributed by atoms with Crippen LogP contribution in [0.1, 0.15) is 41.0 Å². The van der Waals surface area contributed by atoms with E-state index in [0.717, 1.165) is 5.92 Å². The summed E-state index contributed by atoms with van der Waals surface area (Å²) in [6.45, 7) is 13.3. The normalized spacial score (nSPS) is 43.6.